The molecule has 0 aliphatic carbocycles. The molecule has 0 aliphatic rings. The van der Waals surface area contributed by atoms with Crippen molar-refractivity contribution in [3.8, 4) is 0 Å². The van der Waals surface area contributed by atoms with Crippen LogP contribution in [0.25, 0.3) is 0 Å². The van der Waals surface area contributed by atoms with E-state index in [1.54, 1.807) is 11.0 Å². The van der Waals surface area contributed by atoms with E-state index in [1.807, 2.05) is 20.8 Å². The second kappa shape index (κ2) is 8.56. The summed E-state index contributed by atoms with van der Waals surface area (Å²) in [5.74, 6) is 0.0837. The lowest BCUT2D eigenvalue weighted by Crippen LogP contribution is -2.44. The average molecular weight is 309 g/mol. The van der Waals surface area contributed by atoms with Gasteiger partial charge in [-0.3, -0.25) is 9.59 Å². The van der Waals surface area contributed by atoms with E-state index in [-0.39, 0.29) is 18.4 Å². The number of amides is 2. The molecule has 2 amide bonds. The zero-order valence-electron chi connectivity index (χ0n) is 14.0. The highest BCUT2D eigenvalue weighted by Crippen LogP contribution is 2.18. The van der Waals surface area contributed by atoms with E-state index >= 15 is 0 Å². The summed E-state index contributed by atoms with van der Waals surface area (Å²) < 4.78 is 4.67. The first-order chi connectivity index (χ1) is 10.3. The summed E-state index contributed by atoms with van der Waals surface area (Å²) in [5.41, 5.74) is -0.501. The summed E-state index contributed by atoms with van der Waals surface area (Å²) in [6, 6.07) is 1.56. The number of hydrogen-bond acceptors (Lipinski definition) is 4. The highest BCUT2D eigenvalue weighted by molar-refractivity contribution is 5.94. The molecular weight excluding hydrogens is 282 g/mol. The molecule has 1 N–H and O–H groups in total. The standard InChI is InChI=1S/C16H27N3O3/c1-5-6-7-8-10-19(15(21)16(2,3)4)12-14(20)17-13-9-11-22-18-13/h9,11H,5-8,10,12H2,1-4H3,(H,17,18,20). The highest BCUT2D eigenvalue weighted by Gasteiger charge is 2.28. The van der Waals surface area contributed by atoms with E-state index in [1.165, 1.54) is 6.26 Å². The van der Waals surface area contributed by atoms with Crippen LogP contribution in [0.2, 0.25) is 0 Å². The molecule has 0 bridgehead atoms. The van der Waals surface area contributed by atoms with Gasteiger partial charge in [-0.15, -0.1) is 0 Å². The van der Waals surface area contributed by atoms with Crippen LogP contribution < -0.4 is 5.32 Å². The largest absolute Gasteiger partial charge is 0.363 e. The molecule has 6 heteroatoms. The van der Waals surface area contributed by atoms with E-state index in [2.05, 4.69) is 21.9 Å². The van der Waals surface area contributed by atoms with Gasteiger partial charge in [0.05, 0.1) is 6.54 Å². The topological polar surface area (TPSA) is 75.4 Å². The van der Waals surface area contributed by atoms with Crippen LogP contribution in [-0.2, 0) is 9.59 Å². The zero-order valence-corrected chi connectivity index (χ0v) is 14.0. The lowest BCUT2D eigenvalue weighted by atomic mass is 9.94. The number of rotatable bonds is 8. The Labute approximate surface area is 132 Å². The molecule has 1 heterocycles. The Morgan fingerprint density at radius 3 is 2.55 bits per heavy atom. The molecular formula is C16H27N3O3. The van der Waals surface area contributed by atoms with Gasteiger partial charge in [-0.2, -0.15) is 0 Å². The van der Waals surface area contributed by atoms with E-state index in [9.17, 15) is 9.59 Å². The number of carbonyl (C=O) groups excluding carboxylic acids is 2. The Kier molecular flexibility index (Phi) is 7.08. The summed E-state index contributed by atoms with van der Waals surface area (Å²) in [6.45, 7) is 8.37. The van der Waals surface area contributed by atoms with Gasteiger partial charge >= 0.3 is 0 Å². The fourth-order valence-corrected chi connectivity index (χ4v) is 2.09. The van der Waals surface area contributed by atoms with Crippen LogP contribution in [0, 0.1) is 5.41 Å². The van der Waals surface area contributed by atoms with Gasteiger partial charge in [0, 0.05) is 18.0 Å². The molecule has 0 spiro atoms. The molecule has 1 rings (SSSR count). The maximum atomic E-state index is 12.5. The van der Waals surface area contributed by atoms with E-state index in [0.717, 1.165) is 25.7 Å². The minimum atomic E-state index is -0.501. The zero-order chi connectivity index (χ0) is 16.6. The number of anilines is 1. The van der Waals surface area contributed by atoms with Crippen molar-refractivity contribution in [1.82, 2.24) is 10.1 Å². The van der Waals surface area contributed by atoms with Crippen LogP contribution in [0.1, 0.15) is 53.4 Å². The van der Waals surface area contributed by atoms with Crippen LogP contribution >= 0.6 is 0 Å². The fraction of sp³-hybridized carbons (Fsp3) is 0.688. The van der Waals surface area contributed by atoms with Crippen molar-refractivity contribution in [2.45, 2.75) is 53.4 Å². The maximum absolute atomic E-state index is 12.5. The molecule has 0 saturated carbocycles. The first kappa shape index (κ1) is 18.2. The quantitative estimate of drug-likeness (QED) is 0.749. The minimum absolute atomic E-state index is 0.0145. The summed E-state index contributed by atoms with van der Waals surface area (Å²) in [7, 11) is 0. The number of aromatic nitrogens is 1. The highest BCUT2D eigenvalue weighted by atomic mass is 16.5. The molecule has 22 heavy (non-hydrogen) atoms. The molecule has 6 nitrogen and oxygen atoms in total. The fourth-order valence-electron chi connectivity index (χ4n) is 2.09. The summed E-state index contributed by atoms with van der Waals surface area (Å²) in [4.78, 5) is 26.2. The van der Waals surface area contributed by atoms with E-state index < -0.39 is 5.41 Å². The summed E-state index contributed by atoms with van der Waals surface area (Å²) in [5, 5.41) is 6.26. The van der Waals surface area contributed by atoms with Gasteiger partial charge in [-0.25, -0.2) is 0 Å². The first-order valence-corrected chi connectivity index (χ1v) is 7.84. The Morgan fingerprint density at radius 1 is 1.27 bits per heavy atom. The predicted octanol–water partition coefficient (Wildman–Crippen LogP) is 3.07. The van der Waals surface area contributed by atoms with E-state index in [0.29, 0.717) is 12.4 Å². The number of nitrogens with one attached hydrogen (secondary N) is 1. The Bertz CT molecular complexity index is 463. The van der Waals surface area contributed by atoms with Crippen molar-refractivity contribution in [3.05, 3.63) is 12.3 Å². The molecule has 0 atom stereocenters. The molecule has 0 unspecified atom stereocenters. The smallest absolute Gasteiger partial charge is 0.245 e. The maximum Gasteiger partial charge on any atom is 0.245 e. The van der Waals surface area contributed by atoms with Crippen molar-refractivity contribution >= 4 is 17.6 Å². The first-order valence-electron chi connectivity index (χ1n) is 7.84. The summed E-state index contributed by atoms with van der Waals surface area (Å²) >= 11 is 0. The molecule has 0 aromatic carbocycles. The van der Waals surface area contributed by atoms with Crippen molar-refractivity contribution in [2.75, 3.05) is 18.4 Å². The van der Waals surface area contributed by atoms with Crippen LogP contribution in [0.4, 0.5) is 5.82 Å². The molecule has 1 aromatic rings. The molecule has 0 radical (unpaired) electrons. The van der Waals surface area contributed by atoms with Crippen molar-refractivity contribution in [2.24, 2.45) is 5.41 Å². The van der Waals surface area contributed by atoms with Gasteiger partial charge < -0.3 is 14.7 Å². The van der Waals surface area contributed by atoms with Gasteiger partial charge in [0.25, 0.3) is 0 Å². The molecule has 124 valence electrons. The van der Waals surface area contributed by atoms with Gasteiger partial charge in [-0.1, -0.05) is 52.1 Å². The van der Waals surface area contributed by atoms with Gasteiger partial charge in [-0.05, 0) is 6.42 Å². The van der Waals surface area contributed by atoms with E-state index in [4.69, 9.17) is 0 Å². The number of carbonyl (C=O) groups is 2. The minimum Gasteiger partial charge on any atom is -0.363 e. The van der Waals surface area contributed by atoms with Crippen molar-refractivity contribution in [1.29, 1.82) is 0 Å². The number of hydrogen-bond donors (Lipinski definition) is 1. The molecule has 0 saturated heterocycles. The lowest BCUT2D eigenvalue weighted by Gasteiger charge is -2.29. The second-order valence-corrected chi connectivity index (χ2v) is 6.47. The van der Waals surface area contributed by atoms with Crippen molar-refractivity contribution < 1.29 is 14.1 Å². The second-order valence-electron chi connectivity index (χ2n) is 6.47. The van der Waals surface area contributed by atoms with Gasteiger partial charge in [0.15, 0.2) is 5.82 Å². The third-order valence-electron chi connectivity index (χ3n) is 3.25. The third-order valence-corrected chi connectivity index (χ3v) is 3.25. The monoisotopic (exact) mass is 309 g/mol. The summed E-state index contributed by atoms with van der Waals surface area (Å²) in [6.07, 6.45) is 5.64. The van der Waals surface area contributed by atoms with Crippen LogP contribution in [0.15, 0.2) is 16.9 Å². The van der Waals surface area contributed by atoms with Crippen molar-refractivity contribution in [3.63, 3.8) is 0 Å². The van der Waals surface area contributed by atoms with Crippen LogP contribution in [-0.4, -0.2) is 35.0 Å². The SMILES string of the molecule is CCCCCCN(CC(=O)Nc1ccon1)C(=O)C(C)(C)C. The molecule has 1 aromatic heterocycles. The normalized spacial score (nSPS) is 11.3. The lowest BCUT2D eigenvalue weighted by molar-refractivity contribution is -0.141. The average Bonchev–Trinajstić information content (AvgIpc) is 2.93. The molecule has 0 aliphatic heterocycles. The third kappa shape index (κ3) is 6.28. The van der Waals surface area contributed by atoms with Crippen LogP contribution in [0.3, 0.4) is 0 Å². The number of nitrogens with zero attached hydrogens (tertiary/aromatic N) is 2. The Hall–Kier alpha value is -1.85. The van der Waals surface area contributed by atoms with Crippen LogP contribution in [0.5, 0.6) is 0 Å². The Balaban J connectivity index is 2.60. The number of unbranched alkanes of at least 4 members (excludes halogenated alkanes) is 3. The van der Waals surface area contributed by atoms with Gasteiger partial charge in [0.1, 0.15) is 6.26 Å². The Morgan fingerprint density at radius 2 is 2.00 bits per heavy atom. The molecule has 0 fully saturated rings. The predicted molar refractivity (Wildman–Crippen MR) is 85.3 cm³/mol. The van der Waals surface area contributed by atoms with Gasteiger partial charge in [0.2, 0.25) is 11.8 Å².